The summed E-state index contributed by atoms with van der Waals surface area (Å²) >= 11 is 0. The molecule has 0 bridgehead atoms. The monoisotopic (exact) mass is 313 g/mol. The van der Waals surface area contributed by atoms with Crippen molar-refractivity contribution in [1.29, 1.82) is 0 Å². The van der Waals surface area contributed by atoms with Crippen LogP contribution in [0.15, 0.2) is 48.5 Å². The SMILES string of the molecule is COc1ccc(C(=O)CC(=O)C(=O)Nc2ccccc2O)cc1. The van der Waals surface area contributed by atoms with E-state index in [1.807, 2.05) is 0 Å². The second-order valence-corrected chi connectivity index (χ2v) is 4.72. The average molecular weight is 313 g/mol. The highest BCUT2D eigenvalue weighted by molar-refractivity contribution is 6.44. The Morgan fingerprint density at radius 1 is 1.04 bits per heavy atom. The van der Waals surface area contributed by atoms with Crippen LogP contribution in [0.4, 0.5) is 5.69 Å². The highest BCUT2D eigenvalue weighted by Gasteiger charge is 2.19. The summed E-state index contributed by atoms with van der Waals surface area (Å²) in [6.07, 6.45) is -0.550. The van der Waals surface area contributed by atoms with Crippen LogP contribution in [-0.2, 0) is 9.59 Å². The van der Waals surface area contributed by atoms with E-state index in [2.05, 4.69) is 5.32 Å². The minimum Gasteiger partial charge on any atom is -0.506 e. The molecule has 2 N–H and O–H groups in total. The molecule has 0 aliphatic rings. The van der Waals surface area contributed by atoms with Crippen LogP contribution in [0.5, 0.6) is 11.5 Å². The summed E-state index contributed by atoms with van der Waals surface area (Å²) in [5.41, 5.74) is 0.428. The third-order valence-corrected chi connectivity index (χ3v) is 3.14. The zero-order valence-electron chi connectivity index (χ0n) is 12.4. The highest BCUT2D eigenvalue weighted by Crippen LogP contribution is 2.21. The summed E-state index contributed by atoms with van der Waals surface area (Å²) in [6, 6.07) is 12.3. The summed E-state index contributed by atoms with van der Waals surface area (Å²) in [4.78, 5) is 35.6. The van der Waals surface area contributed by atoms with E-state index in [0.29, 0.717) is 11.3 Å². The third kappa shape index (κ3) is 4.16. The minimum absolute atomic E-state index is 0.114. The minimum atomic E-state index is -0.951. The van der Waals surface area contributed by atoms with Crippen LogP contribution in [0.1, 0.15) is 16.8 Å². The molecule has 0 spiro atoms. The number of phenolic OH excluding ortho intramolecular Hbond substituents is 1. The summed E-state index contributed by atoms with van der Waals surface area (Å²) in [5, 5.41) is 11.8. The molecule has 23 heavy (non-hydrogen) atoms. The molecule has 0 heterocycles. The van der Waals surface area contributed by atoms with E-state index in [9.17, 15) is 19.5 Å². The number of benzene rings is 2. The molecule has 0 unspecified atom stereocenters. The van der Waals surface area contributed by atoms with Crippen LogP contribution in [0.2, 0.25) is 0 Å². The van der Waals surface area contributed by atoms with Gasteiger partial charge in [0.1, 0.15) is 11.5 Å². The van der Waals surface area contributed by atoms with Crippen LogP contribution in [0.3, 0.4) is 0 Å². The number of carbonyl (C=O) groups excluding carboxylic acids is 3. The van der Waals surface area contributed by atoms with E-state index in [4.69, 9.17) is 4.74 Å². The Bertz CT molecular complexity index is 737. The fraction of sp³-hybridized carbons (Fsp3) is 0.118. The molecular weight excluding hydrogens is 298 g/mol. The molecule has 0 aliphatic carbocycles. The first kappa shape index (κ1) is 16.2. The number of methoxy groups -OCH3 is 1. The number of ketones is 2. The summed E-state index contributed by atoms with van der Waals surface area (Å²) in [5.74, 6) is -1.87. The number of amides is 1. The number of phenols is 1. The fourth-order valence-corrected chi connectivity index (χ4v) is 1.88. The van der Waals surface area contributed by atoms with Crippen molar-refractivity contribution in [3.05, 3.63) is 54.1 Å². The predicted octanol–water partition coefficient (Wildman–Crippen LogP) is 2.18. The first-order valence-electron chi connectivity index (χ1n) is 6.80. The first-order chi connectivity index (χ1) is 11.0. The lowest BCUT2D eigenvalue weighted by molar-refractivity contribution is -0.134. The normalized spacial score (nSPS) is 9.96. The lowest BCUT2D eigenvalue weighted by atomic mass is 10.1. The second kappa shape index (κ2) is 7.22. The molecule has 6 nitrogen and oxygen atoms in total. The number of carbonyl (C=O) groups is 3. The number of ether oxygens (including phenoxy) is 1. The molecule has 118 valence electrons. The van der Waals surface area contributed by atoms with Gasteiger partial charge in [0.05, 0.1) is 19.2 Å². The number of hydrogen-bond acceptors (Lipinski definition) is 5. The molecular formula is C17H15NO5. The molecule has 1 amide bonds. The number of aromatic hydroxyl groups is 1. The molecule has 2 aromatic carbocycles. The van der Waals surface area contributed by atoms with Gasteiger partial charge in [0.25, 0.3) is 5.91 Å². The van der Waals surface area contributed by atoms with Gasteiger partial charge in [0, 0.05) is 5.56 Å². The van der Waals surface area contributed by atoms with Gasteiger partial charge in [-0.1, -0.05) is 12.1 Å². The van der Waals surface area contributed by atoms with E-state index in [-0.39, 0.29) is 11.4 Å². The van der Waals surface area contributed by atoms with Crippen molar-refractivity contribution in [3.63, 3.8) is 0 Å². The Morgan fingerprint density at radius 3 is 2.30 bits per heavy atom. The van der Waals surface area contributed by atoms with Crippen molar-refractivity contribution in [3.8, 4) is 11.5 Å². The maximum Gasteiger partial charge on any atom is 0.292 e. The van der Waals surface area contributed by atoms with Crippen LogP contribution < -0.4 is 10.1 Å². The lowest BCUT2D eigenvalue weighted by Gasteiger charge is -2.06. The van der Waals surface area contributed by atoms with Crippen molar-refractivity contribution < 1.29 is 24.2 Å². The lowest BCUT2D eigenvalue weighted by Crippen LogP contribution is -2.25. The standard InChI is InChI=1S/C17H15NO5/c1-23-12-8-6-11(7-9-12)15(20)10-16(21)17(22)18-13-4-2-3-5-14(13)19/h2-9,19H,10H2,1H3,(H,18,22). The number of Topliss-reactive ketones (excluding diaryl/α,β-unsaturated/α-hetero) is 2. The molecule has 0 saturated heterocycles. The van der Waals surface area contributed by atoms with Gasteiger partial charge in [0.15, 0.2) is 5.78 Å². The van der Waals surface area contributed by atoms with Gasteiger partial charge < -0.3 is 15.2 Å². The summed E-state index contributed by atoms with van der Waals surface area (Å²) < 4.78 is 4.98. The second-order valence-electron chi connectivity index (χ2n) is 4.72. The van der Waals surface area contributed by atoms with Gasteiger partial charge >= 0.3 is 0 Å². The molecule has 2 rings (SSSR count). The van der Waals surface area contributed by atoms with Crippen molar-refractivity contribution in [2.45, 2.75) is 6.42 Å². The molecule has 6 heteroatoms. The summed E-state index contributed by atoms with van der Waals surface area (Å²) in [7, 11) is 1.50. The van der Waals surface area contributed by atoms with Gasteiger partial charge in [-0.25, -0.2) is 0 Å². The van der Waals surface area contributed by atoms with Crippen LogP contribution in [-0.4, -0.2) is 29.7 Å². The Balaban J connectivity index is 1.98. The van der Waals surface area contributed by atoms with E-state index < -0.39 is 23.9 Å². The average Bonchev–Trinajstić information content (AvgIpc) is 2.56. The number of hydrogen-bond donors (Lipinski definition) is 2. The van der Waals surface area contributed by atoms with Crippen LogP contribution >= 0.6 is 0 Å². The Hall–Kier alpha value is -3.15. The molecule has 0 fully saturated rings. The molecule has 2 aromatic rings. The van der Waals surface area contributed by atoms with Gasteiger partial charge in [0.2, 0.25) is 5.78 Å². The topological polar surface area (TPSA) is 92.7 Å². The number of rotatable bonds is 6. The molecule has 0 atom stereocenters. The number of nitrogens with one attached hydrogen (secondary N) is 1. The molecule has 0 radical (unpaired) electrons. The van der Waals surface area contributed by atoms with Crippen molar-refractivity contribution in [1.82, 2.24) is 0 Å². The van der Waals surface area contributed by atoms with Crippen molar-refractivity contribution in [2.75, 3.05) is 12.4 Å². The van der Waals surface area contributed by atoms with Gasteiger partial charge in [-0.3, -0.25) is 14.4 Å². The van der Waals surface area contributed by atoms with Gasteiger partial charge in [-0.15, -0.1) is 0 Å². The molecule has 0 aromatic heterocycles. The Labute approximate surface area is 132 Å². The zero-order chi connectivity index (χ0) is 16.8. The molecule has 0 saturated carbocycles. The quantitative estimate of drug-likeness (QED) is 0.369. The number of para-hydroxylation sites is 2. The smallest absolute Gasteiger partial charge is 0.292 e. The Kier molecular flexibility index (Phi) is 5.09. The van der Waals surface area contributed by atoms with Crippen molar-refractivity contribution in [2.24, 2.45) is 0 Å². The zero-order valence-corrected chi connectivity index (χ0v) is 12.4. The third-order valence-electron chi connectivity index (χ3n) is 3.14. The maximum absolute atomic E-state index is 12.0. The van der Waals surface area contributed by atoms with E-state index in [1.165, 1.54) is 31.4 Å². The van der Waals surface area contributed by atoms with Crippen LogP contribution in [0, 0.1) is 0 Å². The fourth-order valence-electron chi connectivity index (χ4n) is 1.88. The van der Waals surface area contributed by atoms with E-state index >= 15 is 0 Å². The van der Waals surface area contributed by atoms with Gasteiger partial charge in [-0.2, -0.15) is 0 Å². The first-order valence-corrected chi connectivity index (χ1v) is 6.80. The summed E-state index contributed by atoms with van der Waals surface area (Å²) in [6.45, 7) is 0. The number of anilines is 1. The van der Waals surface area contributed by atoms with E-state index in [1.54, 1.807) is 24.3 Å². The van der Waals surface area contributed by atoms with Gasteiger partial charge in [-0.05, 0) is 36.4 Å². The molecule has 0 aliphatic heterocycles. The van der Waals surface area contributed by atoms with Crippen molar-refractivity contribution >= 4 is 23.2 Å². The van der Waals surface area contributed by atoms with Crippen LogP contribution in [0.25, 0.3) is 0 Å². The maximum atomic E-state index is 12.0. The Morgan fingerprint density at radius 2 is 1.70 bits per heavy atom. The predicted molar refractivity (Wildman–Crippen MR) is 83.7 cm³/mol. The largest absolute Gasteiger partial charge is 0.506 e. The van der Waals surface area contributed by atoms with E-state index in [0.717, 1.165) is 0 Å². The highest BCUT2D eigenvalue weighted by atomic mass is 16.5.